The minimum Gasteiger partial charge on any atom is -0.462 e. The number of esters is 1. The van der Waals surface area contributed by atoms with Gasteiger partial charge in [0.15, 0.2) is 0 Å². The molecule has 0 bridgehead atoms. The number of ether oxygens (including phenoxy) is 1. The van der Waals surface area contributed by atoms with E-state index in [-0.39, 0.29) is 23.7 Å². The Morgan fingerprint density at radius 2 is 1.85 bits per heavy atom. The molecule has 0 aromatic carbocycles. The minimum absolute atomic E-state index is 0.0286. The van der Waals surface area contributed by atoms with Gasteiger partial charge in [-0.2, -0.15) is 0 Å². The number of nitrogens with one attached hydrogen (secondary N) is 2. The predicted octanol–water partition coefficient (Wildman–Crippen LogP) is 2.55. The maximum absolute atomic E-state index is 13.0. The van der Waals surface area contributed by atoms with Crippen LogP contribution in [0.1, 0.15) is 69.2 Å². The van der Waals surface area contributed by atoms with Crippen LogP contribution in [0.2, 0.25) is 0 Å². The lowest BCUT2D eigenvalue weighted by Crippen LogP contribution is -2.46. The summed E-state index contributed by atoms with van der Waals surface area (Å²) in [5, 5.41) is 12.3. The summed E-state index contributed by atoms with van der Waals surface area (Å²) >= 11 is 0. The van der Waals surface area contributed by atoms with Crippen LogP contribution in [0.4, 0.5) is 5.95 Å². The van der Waals surface area contributed by atoms with E-state index in [1.54, 1.807) is 5.48 Å². The number of fused-ring (bicyclic) bond motifs is 1. The number of hydrogen-bond acceptors (Lipinski definition) is 8. The van der Waals surface area contributed by atoms with Crippen LogP contribution in [0.15, 0.2) is 12.4 Å². The molecule has 9 nitrogen and oxygen atoms in total. The SMILES string of the molecule is CCCC(C)OC(=O)[C@@H](NCC1C2CN(c3ncc(C(=O)NO)cn3)CC12)C1CCCCC1. The van der Waals surface area contributed by atoms with Crippen LogP contribution in [-0.4, -0.2) is 58.8 Å². The fourth-order valence-corrected chi connectivity index (χ4v) is 5.69. The van der Waals surface area contributed by atoms with Gasteiger partial charge < -0.3 is 15.0 Å². The lowest BCUT2D eigenvalue weighted by Gasteiger charge is -2.31. The topological polar surface area (TPSA) is 117 Å². The molecule has 3 unspecified atom stereocenters. The molecule has 0 radical (unpaired) electrons. The Kier molecular flexibility index (Phi) is 7.80. The summed E-state index contributed by atoms with van der Waals surface area (Å²) in [6, 6.07) is -0.199. The van der Waals surface area contributed by atoms with Crippen LogP contribution in [0.25, 0.3) is 0 Å². The molecule has 9 heteroatoms. The Balaban J connectivity index is 1.28. The first-order valence-electron chi connectivity index (χ1n) is 12.5. The molecule has 1 aromatic rings. The zero-order chi connectivity index (χ0) is 23.4. The van der Waals surface area contributed by atoms with Gasteiger partial charge in [0.2, 0.25) is 5.95 Å². The number of carbonyl (C=O) groups is 2. The molecule has 2 aliphatic carbocycles. The van der Waals surface area contributed by atoms with Crippen molar-refractivity contribution < 1.29 is 19.5 Å². The number of rotatable bonds is 10. The van der Waals surface area contributed by atoms with Crippen LogP contribution in [0.5, 0.6) is 0 Å². The van der Waals surface area contributed by atoms with E-state index < -0.39 is 5.91 Å². The van der Waals surface area contributed by atoms with Gasteiger partial charge in [-0.25, -0.2) is 15.4 Å². The van der Waals surface area contributed by atoms with E-state index in [1.807, 2.05) is 6.92 Å². The van der Waals surface area contributed by atoms with E-state index in [4.69, 9.17) is 9.94 Å². The molecule has 2 heterocycles. The molecule has 4 atom stereocenters. The van der Waals surface area contributed by atoms with Crippen LogP contribution in [-0.2, 0) is 9.53 Å². The second kappa shape index (κ2) is 10.8. The third-order valence-electron chi connectivity index (χ3n) is 7.62. The van der Waals surface area contributed by atoms with E-state index in [9.17, 15) is 9.59 Å². The van der Waals surface area contributed by atoms with Gasteiger partial charge >= 0.3 is 5.97 Å². The summed E-state index contributed by atoms with van der Waals surface area (Å²) < 4.78 is 5.79. The summed E-state index contributed by atoms with van der Waals surface area (Å²) in [5.74, 6) is 2.00. The Hall–Kier alpha value is -2.26. The average molecular weight is 460 g/mol. The van der Waals surface area contributed by atoms with E-state index in [2.05, 4.69) is 27.1 Å². The summed E-state index contributed by atoms with van der Waals surface area (Å²) in [6.45, 7) is 6.72. The number of aromatic nitrogens is 2. The third kappa shape index (κ3) is 5.63. The smallest absolute Gasteiger partial charge is 0.323 e. The van der Waals surface area contributed by atoms with Crippen molar-refractivity contribution in [2.45, 2.75) is 70.9 Å². The molecule has 1 aliphatic heterocycles. The van der Waals surface area contributed by atoms with Crippen molar-refractivity contribution in [2.75, 3.05) is 24.5 Å². The first-order valence-corrected chi connectivity index (χ1v) is 12.5. The Morgan fingerprint density at radius 3 is 2.45 bits per heavy atom. The highest BCUT2D eigenvalue weighted by atomic mass is 16.5. The number of carbonyl (C=O) groups excluding carboxylic acids is 2. The Morgan fingerprint density at radius 1 is 1.18 bits per heavy atom. The zero-order valence-electron chi connectivity index (χ0n) is 19.7. The number of anilines is 1. The van der Waals surface area contributed by atoms with Gasteiger partial charge in [-0.05, 0) is 56.4 Å². The molecule has 1 saturated heterocycles. The van der Waals surface area contributed by atoms with E-state index in [0.717, 1.165) is 45.3 Å². The summed E-state index contributed by atoms with van der Waals surface area (Å²) in [6.07, 6.45) is 10.6. The van der Waals surface area contributed by atoms with Crippen molar-refractivity contribution in [3.8, 4) is 0 Å². The van der Waals surface area contributed by atoms with Crippen LogP contribution >= 0.6 is 0 Å². The lowest BCUT2D eigenvalue weighted by atomic mass is 9.83. The van der Waals surface area contributed by atoms with Gasteiger partial charge in [0.1, 0.15) is 6.04 Å². The normalized spacial score (nSPS) is 26.4. The van der Waals surface area contributed by atoms with Gasteiger partial charge in [-0.1, -0.05) is 32.6 Å². The van der Waals surface area contributed by atoms with E-state index in [1.165, 1.54) is 31.7 Å². The van der Waals surface area contributed by atoms with Gasteiger partial charge in [0.25, 0.3) is 5.91 Å². The van der Waals surface area contributed by atoms with E-state index >= 15 is 0 Å². The minimum atomic E-state index is -0.618. The number of piperidine rings is 1. The van der Waals surface area contributed by atoms with Crippen LogP contribution < -0.4 is 15.7 Å². The van der Waals surface area contributed by atoms with Crippen molar-refractivity contribution in [1.82, 2.24) is 20.8 Å². The second-order valence-electron chi connectivity index (χ2n) is 9.93. The fraction of sp³-hybridized carbons (Fsp3) is 0.750. The van der Waals surface area contributed by atoms with Crippen molar-refractivity contribution >= 4 is 17.8 Å². The fourth-order valence-electron chi connectivity index (χ4n) is 5.69. The first-order chi connectivity index (χ1) is 16.0. The molecule has 4 rings (SSSR count). The van der Waals surface area contributed by atoms with E-state index in [0.29, 0.717) is 29.6 Å². The molecule has 1 aromatic heterocycles. The molecule has 33 heavy (non-hydrogen) atoms. The highest BCUT2D eigenvalue weighted by molar-refractivity contribution is 5.92. The molecule has 2 saturated carbocycles. The van der Waals surface area contributed by atoms with Crippen molar-refractivity contribution in [2.24, 2.45) is 23.7 Å². The Labute approximate surface area is 195 Å². The maximum Gasteiger partial charge on any atom is 0.323 e. The Bertz CT molecular complexity index is 802. The van der Waals surface area contributed by atoms with Crippen molar-refractivity contribution in [3.05, 3.63) is 18.0 Å². The average Bonchev–Trinajstić information content (AvgIpc) is 3.27. The molecule has 3 N–H and O–H groups in total. The number of nitrogens with zero attached hydrogens (tertiary/aromatic N) is 3. The van der Waals surface area contributed by atoms with Gasteiger partial charge in [0, 0.05) is 25.5 Å². The highest BCUT2D eigenvalue weighted by Gasteiger charge is 2.56. The van der Waals surface area contributed by atoms with Gasteiger partial charge in [-0.3, -0.25) is 14.8 Å². The summed E-state index contributed by atoms with van der Waals surface area (Å²) in [4.78, 5) is 35.1. The number of hydrogen-bond donors (Lipinski definition) is 3. The second-order valence-corrected chi connectivity index (χ2v) is 9.93. The molecule has 3 fully saturated rings. The molecule has 3 aliphatic rings. The monoisotopic (exact) mass is 459 g/mol. The van der Waals surface area contributed by atoms with Gasteiger partial charge in [0.05, 0.1) is 11.7 Å². The van der Waals surface area contributed by atoms with Crippen LogP contribution in [0, 0.1) is 23.7 Å². The zero-order valence-corrected chi connectivity index (χ0v) is 19.7. The molecule has 182 valence electrons. The van der Waals surface area contributed by atoms with Crippen LogP contribution in [0.3, 0.4) is 0 Å². The molecular weight excluding hydrogens is 422 g/mol. The molecule has 1 amide bonds. The van der Waals surface area contributed by atoms with Crippen molar-refractivity contribution in [1.29, 1.82) is 0 Å². The summed E-state index contributed by atoms with van der Waals surface area (Å²) in [7, 11) is 0. The molecule has 0 spiro atoms. The maximum atomic E-state index is 13.0. The van der Waals surface area contributed by atoms with Crippen molar-refractivity contribution in [3.63, 3.8) is 0 Å². The number of hydroxylamine groups is 1. The first kappa shape index (κ1) is 23.9. The summed E-state index contributed by atoms with van der Waals surface area (Å²) in [5.41, 5.74) is 1.81. The highest BCUT2D eigenvalue weighted by Crippen LogP contribution is 2.51. The standard InChI is InChI=1S/C24H37N5O4/c1-3-7-15(2)33-23(31)21(16-8-5-4-6-9-16)25-12-18-19-13-29(14-20(18)19)24-26-10-17(11-27-24)22(30)28-32/h10-11,15-16,18-21,25,32H,3-9,12-14H2,1-2H3,(H,28,30)/t15?,18?,19?,20?,21-/m0/s1. The number of amides is 1. The lowest BCUT2D eigenvalue weighted by molar-refractivity contribution is -0.153. The van der Waals surface area contributed by atoms with Gasteiger partial charge in [-0.15, -0.1) is 0 Å². The quantitative estimate of drug-likeness (QED) is 0.278. The third-order valence-corrected chi connectivity index (χ3v) is 7.62. The predicted molar refractivity (Wildman–Crippen MR) is 123 cm³/mol. The molecular formula is C24H37N5O4. The largest absolute Gasteiger partial charge is 0.462 e.